The largest absolute Gasteiger partial charge is 0.469 e. The molecule has 0 spiro atoms. The summed E-state index contributed by atoms with van der Waals surface area (Å²) in [7, 11) is 1.42. The van der Waals surface area contributed by atoms with Crippen LogP contribution in [-0.4, -0.2) is 56.0 Å². The van der Waals surface area contributed by atoms with E-state index < -0.39 is 0 Å². The highest BCUT2D eigenvalue weighted by Gasteiger charge is 2.72. The molecule has 1 saturated heterocycles. The van der Waals surface area contributed by atoms with Crippen molar-refractivity contribution in [1.82, 2.24) is 10.6 Å². The molecule has 2 N–H and O–H groups in total. The lowest BCUT2D eigenvalue weighted by molar-refractivity contribution is -0.249. The van der Waals surface area contributed by atoms with Crippen LogP contribution in [0.25, 0.3) is 0 Å². The van der Waals surface area contributed by atoms with Crippen LogP contribution in [0.3, 0.4) is 0 Å². The molecule has 14 atom stereocenters. The van der Waals surface area contributed by atoms with Crippen LogP contribution in [-0.2, 0) is 28.6 Å². The molecule has 1 aliphatic heterocycles. The second kappa shape index (κ2) is 12.8. The summed E-state index contributed by atoms with van der Waals surface area (Å²) in [4.78, 5) is 38.6. The van der Waals surface area contributed by atoms with Crippen molar-refractivity contribution in [3.05, 3.63) is 12.2 Å². The summed E-state index contributed by atoms with van der Waals surface area (Å²) in [6, 6.07) is 0.131. The SMILES string of the molecule is C=C(C)C1CCC2(C(=O)NC3CC(C4OC4NCCC(=O)OC)C3(C)C)CCC3(C)C(CCC4C5(C)CCC(OC(C)=O)C(C)(C)C5CCC43C)C12. The number of epoxide rings is 1. The molecule has 292 valence electrons. The van der Waals surface area contributed by atoms with Crippen LogP contribution in [0.15, 0.2) is 12.2 Å². The van der Waals surface area contributed by atoms with Crippen LogP contribution in [0.5, 0.6) is 0 Å². The Hall–Kier alpha value is -1.93. The second-order valence-electron chi connectivity index (χ2n) is 20.8. The van der Waals surface area contributed by atoms with Crippen molar-refractivity contribution in [2.45, 2.75) is 164 Å². The normalized spacial score (nSPS) is 48.0. The smallest absolute Gasteiger partial charge is 0.306 e. The van der Waals surface area contributed by atoms with E-state index in [0.29, 0.717) is 54.4 Å². The topological polar surface area (TPSA) is 106 Å². The summed E-state index contributed by atoms with van der Waals surface area (Å²) >= 11 is 0. The van der Waals surface area contributed by atoms with Gasteiger partial charge in [0.05, 0.1) is 18.9 Å². The van der Waals surface area contributed by atoms with E-state index in [1.54, 1.807) is 6.92 Å². The summed E-state index contributed by atoms with van der Waals surface area (Å²) < 4.78 is 16.8. The minimum Gasteiger partial charge on any atom is -0.469 e. The third-order valence-corrected chi connectivity index (χ3v) is 18.2. The minimum absolute atomic E-state index is 0.00756. The zero-order chi connectivity index (χ0) is 37.8. The number of carbonyl (C=O) groups excluding carboxylic acids is 3. The molecule has 1 heterocycles. The van der Waals surface area contributed by atoms with Crippen LogP contribution < -0.4 is 10.6 Å². The van der Waals surface area contributed by atoms with Gasteiger partial charge in [-0.3, -0.25) is 19.7 Å². The minimum atomic E-state index is -0.336. The Morgan fingerprint density at radius 2 is 1.54 bits per heavy atom. The second-order valence-corrected chi connectivity index (χ2v) is 20.8. The van der Waals surface area contributed by atoms with E-state index in [-0.39, 0.29) is 68.9 Å². The quantitative estimate of drug-likeness (QED) is 0.141. The van der Waals surface area contributed by atoms with Gasteiger partial charge in [-0.25, -0.2) is 0 Å². The standard InChI is InChI=1S/C44H70N2O6/c1-25(2)27-14-20-44(38(49)46-32-24-29(39(32,4)5)36-37(52-36)45-23-17-34(48)50-11)22-21-42(9)28(35(27)44)12-13-31-41(8)18-16-33(51-26(3)47)40(6,7)30(41)15-19-43(31,42)10/h27-33,35-37,45H,1,12-24H2,2-11H3,(H,46,49). The van der Waals surface area contributed by atoms with Gasteiger partial charge in [0.1, 0.15) is 18.4 Å². The third kappa shape index (κ3) is 5.51. The maximum Gasteiger partial charge on any atom is 0.306 e. The molecule has 7 aliphatic rings. The van der Waals surface area contributed by atoms with Gasteiger partial charge in [-0.2, -0.15) is 0 Å². The zero-order valence-electron chi connectivity index (χ0n) is 34.1. The molecule has 0 radical (unpaired) electrons. The molecule has 14 unspecified atom stereocenters. The number of ether oxygens (including phenoxy) is 3. The van der Waals surface area contributed by atoms with Gasteiger partial charge in [0.25, 0.3) is 0 Å². The molecule has 52 heavy (non-hydrogen) atoms. The maximum absolute atomic E-state index is 14.9. The van der Waals surface area contributed by atoms with Crippen molar-refractivity contribution in [3.63, 3.8) is 0 Å². The predicted molar refractivity (Wildman–Crippen MR) is 202 cm³/mol. The lowest BCUT2D eigenvalue weighted by Crippen LogP contribution is -2.68. The molecule has 8 nitrogen and oxygen atoms in total. The van der Waals surface area contributed by atoms with Gasteiger partial charge >= 0.3 is 11.9 Å². The molecule has 1 amide bonds. The molecule has 6 aliphatic carbocycles. The number of rotatable bonds is 9. The summed E-state index contributed by atoms with van der Waals surface area (Å²) in [5, 5.41) is 7.05. The van der Waals surface area contributed by atoms with Crippen LogP contribution in [0.2, 0.25) is 0 Å². The molecule has 8 heteroatoms. The van der Waals surface area contributed by atoms with Gasteiger partial charge in [0.15, 0.2) is 0 Å². The van der Waals surface area contributed by atoms with Gasteiger partial charge < -0.3 is 19.5 Å². The number of fused-ring (bicyclic) bond motifs is 7. The van der Waals surface area contributed by atoms with Crippen molar-refractivity contribution in [1.29, 1.82) is 0 Å². The van der Waals surface area contributed by atoms with Gasteiger partial charge in [-0.1, -0.05) is 60.6 Å². The molecular formula is C44H70N2O6. The first-order valence-electron chi connectivity index (χ1n) is 20.9. The van der Waals surface area contributed by atoms with Crippen LogP contribution in [0.1, 0.15) is 139 Å². The van der Waals surface area contributed by atoms with Crippen molar-refractivity contribution in [2.75, 3.05) is 13.7 Å². The highest BCUT2D eigenvalue weighted by molar-refractivity contribution is 5.84. The van der Waals surface area contributed by atoms with E-state index in [4.69, 9.17) is 14.2 Å². The monoisotopic (exact) mass is 723 g/mol. The van der Waals surface area contributed by atoms with Crippen molar-refractivity contribution in [3.8, 4) is 0 Å². The maximum atomic E-state index is 14.9. The summed E-state index contributed by atoms with van der Waals surface area (Å²) in [6.45, 7) is 26.1. The number of esters is 2. The molecule has 0 aromatic carbocycles. The number of carbonyl (C=O) groups is 3. The number of amides is 1. The number of hydrogen-bond acceptors (Lipinski definition) is 7. The van der Waals surface area contributed by atoms with Crippen LogP contribution in [0, 0.1) is 68.0 Å². The average molecular weight is 723 g/mol. The van der Waals surface area contributed by atoms with Crippen LogP contribution >= 0.6 is 0 Å². The lowest BCUT2D eigenvalue weighted by Gasteiger charge is -2.73. The summed E-state index contributed by atoms with van der Waals surface area (Å²) in [6.07, 6.45) is 12.4. The summed E-state index contributed by atoms with van der Waals surface area (Å²) in [5.41, 5.74) is 1.39. The van der Waals surface area contributed by atoms with Crippen molar-refractivity contribution >= 4 is 17.8 Å². The van der Waals surface area contributed by atoms with E-state index in [2.05, 4.69) is 72.6 Å². The van der Waals surface area contributed by atoms with E-state index in [9.17, 15) is 14.4 Å². The Labute approximate surface area is 314 Å². The lowest BCUT2D eigenvalue weighted by atomic mass is 9.32. The fourth-order valence-electron chi connectivity index (χ4n) is 15.0. The molecule has 0 aromatic heterocycles. The van der Waals surface area contributed by atoms with Gasteiger partial charge in [0, 0.05) is 24.9 Å². The fraction of sp³-hybridized carbons (Fsp3) is 0.886. The first kappa shape index (κ1) is 38.3. The van der Waals surface area contributed by atoms with E-state index in [0.717, 1.165) is 44.9 Å². The summed E-state index contributed by atoms with van der Waals surface area (Å²) in [5.74, 6) is 2.67. The molecule has 6 saturated carbocycles. The van der Waals surface area contributed by atoms with Crippen molar-refractivity contribution in [2.24, 2.45) is 68.0 Å². The highest BCUT2D eigenvalue weighted by Crippen LogP contribution is 2.77. The van der Waals surface area contributed by atoms with E-state index in [1.807, 2.05) is 0 Å². The van der Waals surface area contributed by atoms with Crippen LogP contribution in [0.4, 0.5) is 0 Å². The van der Waals surface area contributed by atoms with E-state index in [1.165, 1.54) is 38.4 Å². The predicted octanol–water partition coefficient (Wildman–Crippen LogP) is 7.98. The number of allylic oxidation sites excluding steroid dienone is 1. The number of methoxy groups -OCH3 is 1. The Kier molecular flexibility index (Phi) is 9.45. The first-order chi connectivity index (χ1) is 24.3. The fourth-order valence-corrected chi connectivity index (χ4v) is 15.0. The molecule has 0 bridgehead atoms. The first-order valence-corrected chi connectivity index (χ1v) is 20.9. The Morgan fingerprint density at radius 1 is 0.808 bits per heavy atom. The average Bonchev–Trinajstić information content (AvgIpc) is 3.69. The van der Waals surface area contributed by atoms with Gasteiger partial charge in [0.2, 0.25) is 5.91 Å². The van der Waals surface area contributed by atoms with Crippen molar-refractivity contribution < 1.29 is 28.6 Å². The highest BCUT2D eigenvalue weighted by atomic mass is 16.6. The molecule has 7 fully saturated rings. The zero-order valence-corrected chi connectivity index (χ0v) is 34.1. The van der Waals surface area contributed by atoms with Gasteiger partial charge in [-0.15, -0.1) is 0 Å². The number of hydrogen-bond donors (Lipinski definition) is 2. The molecule has 0 aromatic rings. The Bertz CT molecular complexity index is 1470. The molecule has 7 rings (SSSR count). The third-order valence-electron chi connectivity index (χ3n) is 18.2. The Morgan fingerprint density at radius 3 is 2.19 bits per heavy atom. The van der Waals surface area contributed by atoms with E-state index >= 15 is 0 Å². The number of nitrogens with one attached hydrogen (secondary N) is 2. The van der Waals surface area contributed by atoms with Gasteiger partial charge in [-0.05, 0) is 135 Å². The molecular weight excluding hydrogens is 652 g/mol. The Balaban J connectivity index is 1.08.